The van der Waals surface area contributed by atoms with Gasteiger partial charge in [-0.25, -0.2) is 0 Å². The molecule has 0 N–H and O–H groups in total. The van der Waals surface area contributed by atoms with E-state index in [0.29, 0.717) is 23.0 Å². The van der Waals surface area contributed by atoms with Gasteiger partial charge in [0.15, 0.2) is 23.9 Å². The van der Waals surface area contributed by atoms with E-state index >= 15 is 0 Å². The second-order valence-electron chi connectivity index (χ2n) is 4.05. The summed E-state index contributed by atoms with van der Waals surface area (Å²) in [5.41, 5.74) is 0. The van der Waals surface area contributed by atoms with Crippen LogP contribution in [0.3, 0.4) is 0 Å². The largest absolute Gasteiger partial charge is 0.493 e. The lowest BCUT2D eigenvalue weighted by Crippen LogP contribution is -2.11. The van der Waals surface area contributed by atoms with Gasteiger partial charge in [0.2, 0.25) is 11.5 Å². The number of ketones is 1. The minimum absolute atomic E-state index is 0.147. The quantitative estimate of drug-likeness (QED) is 0.731. The van der Waals surface area contributed by atoms with Crippen LogP contribution in [0, 0.1) is 0 Å². The average molecular weight is 292 g/mol. The summed E-state index contributed by atoms with van der Waals surface area (Å²) in [5.74, 6) is 1.81. The van der Waals surface area contributed by atoms with Gasteiger partial charge in [-0.3, -0.25) is 4.79 Å². The summed E-state index contributed by atoms with van der Waals surface area (Å²) >= 11 is 0. The van der Waals surface area contributed by atoms with Crippen molar-refractivity contribution in [1.82, 2.24) is 0 Å². The van der Waals surface area contributed by atoms with Gasteiger partial charge in [0, 0.05) is 12.1 Å². The number of benzene rings is 1. The number of Topliss-reactive ketones (excluding diaryl/α,β-unsaturated/α-hetero) is 1. The van der Waals surface area contributed by atoms with E-state index in [1.54, 1.807) is 24.3 Å². The van der Waals surface area contributed by atoms with Gasteiger partial charge >= 0.3 is 0 Å². The maximum atomic E-state index is 11.8. The SMILES string of the molecule is COc1cc(OCC(=O)c2ccco2)cc(OC)c1OC. The first-order chi connectivity index (χ1) is 10.2. The molecule has 1 aromatic heterocycles. The molecule has 0 atom stereocenters. The van der Waals surface area contributed by atoms with E-state index in [1.807, 2.05) is 0 Å². The van der Waals surface area contributed by atoms with Crippen LogP contribution < -0.4 is 18.9 Å². The third-order valence-corrected chi connectivity index (χ3v) is 2.80. The smallest absolute Gasteiger partial charge is 0.235 e. The van der Waals surface area contributed by atoms with Crippen molar-refractivity contribution in [1.29, 1.82) is 0 Å². The summed E-state index contributed by atoms with van der Waals surface area (Å²) in [5, 5.41) is 0. The Morgan fingerprint density at radius 1 is 1.10 bits per heavy atom. The monoisotopic (exact) mass is 292 g/mol. The number of ether oxygens (including phenoxy) is 4. The van der Waals surface area contributed by atoms with Crippen LogP contribution in [-0.2, 0) is 0 Å². The molecule has 21 heavy (non-hydrogen) atoms. The molecule has 2 aromatic rings. The van der Waals surface area contributed by atoms with E-state index in [2.05, 4.69) is 0 Å². The lowest BCUT2D eigenvalue weighted by atomic mass is 10.2. The Balaban J connectivity index is 2.15. The van der Waals surface area contributed by atoms with E-state index in [-0.39, 0.29) is 18.2 Å². The molecule has 0 spiro atoms. The molecule has 0 aliphatic heterocycles. The van der Waals surface area contributed by atoms with Gasteiger partial charge in [-0.05, 0) is 12.1 Å². The number of hydrogen-bond donors (Lipinski definition) is 0. The van der Waals surface area contributed by atoms with Crippen LogP contribution in [0.1, 0.15) is 10.6 Å². The molecule has 0 bridgehead atoms. The first-order valence-electron chi connectivity index (χ1n) is 6.19. The minimum atomic E-state index is -0.256. The number of furan rings is 1. The molecule has 0 radical (unpaired) electrons. The molecule has 6 nitrogen and oxygen atoms in total. The highest BCUT2D eigenvalue weighted by molar-refractivity contribution is 5.94. The number of rotatable bonds is 7. The highest BCUT2D eigenvalue weighted by atomic mass is 16.5. The molecule has 112 valence electrons. The second-order valence-corrected chi connectivity index (χ2v) is 4.05. The summed E-state index contributed by atoms with van der Waals surface area (Å²) in [6.45, 7) is -0.147. The molecule has 0 aliphatic rings. The van der Waals surface area contributed by atoms with Crippen molar-refractivity contribution in [3.05, 3.63) is 36.3 Å². The van der Waals surface area contributed by atoms with Crippen LogP contribution in [0.25, 0.3) is 0 Å². The third kappa shape index (κ3) is 3.28. The second kappa shape index (κ2) is 6.69. The van der Waals surface area contributed by atoms with Crippen LogP contribution in [0.15, 0.2) is 34.9 Å². The van der Waals surface area contributed by atoms with Crippen LogP contribution in [0.4, 0.5) is 0 Å². The lowest BCUT2D eigenvalue weighted by molar-refractivity contribution is 0.0893. The summed E-state index contributed by atoms with van der Waals surface area (Å²) in [6, 6.07) is 6.47. The Morgan fingerprint density at radius 2 is 1.76 bits per heavy atom. The summed E-state index contributed by atoms with van der Waals surface area (Å²) in [4.78, 5) is 11.8. The molecule has 0 aliphatic carbocycles. The molecular weight excluding hydrogens is 276 g/mol. The van der Waals surface area contributed by atoms with E-state index in [1.165, 1.54) is 27.6 Å². The molecule has 0 amide bonds. The molecule has 0 saturated carbocycles. The first-order valence-corrected chi connectivity index (χ1v) is 6.19. The topological polar surface area (TPSA) is 67.1 Å². The zero-order valence-corrected chi connectivity index (χ0v) is 12.0. The minimum Gasteiger partial charge on any atom is -0.493 e. The maximum absolute atomic E-state index is 11.8. The van der Waals surface area contributed by atoms with Gasteiger partial charge in [-0.1, -0.05) is 0 Å². The Hall–Kier alpha value is -2.63. The van der Waals surface area contributed by atoms with Crippen LogP contribution in [0.5, 0.6) is 23.0 Å². The zero-order chi connectivity index (χ0) is 15.2. The fraction of sp³-hybridized carbons (Fsp3) is 0.267. The normalized spacial score (nSPS) is 10.0. The fourth-order valence-corrected chi connectivity index (χ4v) is 1.80. The molecular formula is C15H16O6. The van der Waals surface area contributed by atoms with Gasteiger partial charge in [0.25, 0.3) is 0 Å². The van der Waals surface area contributed by atoms with Gasteiger partial charge < -0.3 is 23.4 Å². The molecule has 0 fully saturated rings. The van der Waals surface area contributed by atoms with Crippen molar-refractivity contribution in [2.45, 2.75) is 0 Å². The van der Waals surface area contributed by atoms with E-state index in [4.69, 9.17) is 23.4 Å². The highest BCUT2D eigenvalue weighted by Crippen LogP contribution is 2.40. The van der Waals surface area contributed by atoms with Crippen molar-refractivity contribution in [2.24, 2.45) is 0 Å². The molecule has 6 heteroatoms. The van der Waals surface area contributed by atoms with Crippen molar-refractivity contribution < 1.29 is 28.2 Å². The fourth-order valence-electron chi connectivity index (χ4n) is 1.80. The van der Waals surface area contributed by atoms with E-state index in [0.717, 1.165) is 0 Å². The van der Waals surface area contributed by atoms with Crippen molar-refractivity contribution in [3.8, 4) is 23.0 Å². The number of methoxy groups -OCH3 is 3. The van der Waals surface area contributed by atoms with E-state index < -0.39 is 0 Å². The van der Waals surface area contributed by atoms with Crippen LogP contribution >= 0.6 is 0 Å². The third-order valence-electron chi connectivity index (χ3n) is 2.80. The predicted molar refractivity (Wildman–Crippen MR) is 74.6 cm³/mol. The molecule has 1 aromatic carbocycles. The van der Waals surface area contributed by atoms with Gasteiger partial charge in [-0.2, -0.15) is 0 Å². The van der Waals surface area contributed by atoms with Gasteiger partial charge in [0.05, 0.1) is 27.6 Å². The predicted octanol–water partition coefficient (Wildman–Crippen LogP) is 2.57. The van der Waals surface area contributed by atoms with Gasteiger partial charge in [0.1, 0.15) is 5.75 Å². The lowest BCUT2D eigenvalue weighted by Gasteiger charge is -2.14. The molecule has 2 rings (SSSR count). The number of carbonyl (C=O) groups is 1. The first kappa shape index (κ1) is 14.8. The molecule has 0 saturated heterocycles. The zero-order valence-electron chi connectivity index (χ0n) is 12.0. The Labute approximate surface area is 122 Å². The number of carbonyl (C=O) groups excluding carboxylic acids is 1. The van der Waals surface area contributed by atoms with Crippen LogP contribution in [0.2, 0.25) is 0 Å². The Morgan fingerprint density at radius 3 is 2.24 bits per heavy atom. The highest BCUT2D eigenvalue weighted by Gasteiger charge is 2.15. The van der Waals surface area contributed by atoms with Gasteiger partial charge in [-0.15, -0.1) is 0 Å². The van der Waals surface area contributed by atoms with Crippen molar-refractivity contribution in [3.63, 3.8) is 0 Å². The standard InChI is InChI=1S/C15H16O6/c1-17-13-7-10(8-14(18-2)15(13)19-3)21-9-11(16)12-5-4-6-20-12/h4-8H,9H2,1-3H3. The summed E-state index contributed by atoms with van der Waals surface area (Å²) in [6.07, 6.45) is 1.44. The molecule has 0 unspecified atom stereocenters. The number of hydrogen-bond acceptors (Lipinski definition) is 6. The maximum Gasteiger partial charge on any atom is 0.235 e. The average Bonchev–Trinajstić information content (AvgIpc) is 3.05. The van der Waals surface area contributed by atoms with Crippen molar-refractivity contribution in [2.75, 3.05) is 27.9 Å². The van der Waals surface area contributed by atoms with E-state index in [9.17, 15) is 4.79 Å². The Bertz CT molecular complexity index is 578. The van der Waals surface area contributed by atoms with Crippen molar-refractivity contribution >= 4 is 5.78 Å². The molecule has 1 heterocycles. The van der Waals surface area contributed by atoms with Crippen LogP contribution in [-0.4, -0.2) is 33.7 Å². The Kier molecular flexibility index (Phi) is 4.71. The summed E-state index contributed by atoms with van der Waals surface area (Å²) < 4.78 is 26.1. The summed E-state index contributed by atoms with van der Waals surface area (Å²) in [7, 11) is 4.53.